The van der Waals surface area contributed by atoms with E-state index in [1.165, 1.54) is 0 Å². The zero-order chi connectivity index (χ0) is 19.4. The highest BCUT2D eigenvalue weighted by Crippen LogP contribution is 2.40. The maximum absolute atomic E-state index is 13.9. The minimum Gasteiger partial charge on any atom is -0.272 e. The van der Waals surface area contributed by atoms with Gasteiger partial charge in [0.1, 0.15) is 0 Å². The minimum atomic E-state index is -5.48. The zero-order valence-corrected chi connectivity index (χ0v) is 14.1. The number of carbonyl (C=O) groups excluding carboxylic acids is 2. The Bertz CT molecular complexity index is 666. The average molecular weight is 405 g/mol. The smallest absolute Gasteiger partial charge is 0.272 e. The number of hydroxylamine groups is 2. The van der Waals surface area contributed by atoms with E-state index in [2.05, 4.69) is 4.28 Å². The van der Waals surface area contributed by atoms with E-state index in [4.69, 9.17) is 0 Å². The summed E-state index contributed by atoms with van der Waals surface area (Å²) < 4.78 is 96.5. The van der Waals surface area contributed by atoms with E-state index in [9.17, 15) is 40.0 Å². The Hall–Kier alpha value is -1.30. The van der Waals surface area contributed by atoms with Crippen LogP contribution in [-0.4, -0.2) is 61.4 Å². The number of imide groups is 1. The molecule has 26 heavy (non-hydrogen) atoms. The molecule has 2 amide bonds. The van der Waals surface area contributed by atoms with Crippen LogP contribution in [0.1, 0.15) is 25.7 Å². The molecule has 2 saturated carbocycles. The van der Waals surface area contributed by atoms with Crippen LogP contribution in [0, 0.1) is 11.8 Å². The molecule has 3 aliphatic rings. The highest BCUT2D eigenvalue weighted by atomic mass is 32.2. The summed E-state index contributed by atoms with van der Waals surface area (Å²) in [6, 6.07) is 0. The molecule has 148 valence electrons. The highest BCUT2D eigenvalue weighted by Gasteiger charge is 2.60. The molecule has 1 saturated heterocycles. The van der Waals surface area contributed by atoms with Crippen LogP contribution >= 0.6 is 0 Å². The van der Waals surface area contributed by atoms with Gasteiger partial charge in [-0.2, -0.15) is 8.42 Å². The number of halogens is 5. The second-order valence-corrected chi connectivity index (χ2v) is 8.40. The molecule has 6 nitrogen and oxygen atoms in total. The van der Waals surface area contributed by atoms with Gasteiger partial charge >= 0.3 is 0 Å². The van der Waals surface area contributed by atoms with Gasteiger partial charge in [-0.3, -0.25) is 9.59 Å². The number of amides is 2. The third-order valence-electron chi connectivity index (χ3n) is 5.16. The normalized spacial score (nSPS) is 44.3. The largest absolute Gasteiger partial charge is 0.297 e. The number of hydrogen-bond acceptors (Lipinski definition) is 5. The van der Waals surface area contributed by atoms with E-state index in [1.54, 1.807) is 0 Å². The van der Waals surface area contributed by atoms with Crippen molar-refractivity contribution in [1.82, 2.24) is 5.06 Å². The van der Waals surface area contributed by atoms with Crippen LogP contribution < -0.4 is 0 Å². The number of alkyl halides is 5. The van der Waals surface area contributed by atoms with Gasteiger partial charge in [0.2, 0.25) is 0 Å². The Morgan fingerprint density at radius 1 is 0.769 bits per heavy atom. The molecule has 0 N–H and O–H groups in total. The summed E-state index contributed by atoms with van der Waals surface area (Å²) in [7, 11) is -5.48. The van der Waals surface area contributed by atoms with E-state index in [-0.39, 0.29) is 5.06 Å². The molecule has 0 aromatic carbocycles. The Morgan fingerprint density at radius 3 is 1.58 bits per heavy atom. The molecule has 6 atom stereocenters. The van der Waals surface area contributed by atoms with Crippen molar-refractivity contribution >= 4 is 21.9 Å². The summed E-state index contributed by atoms with van der Waals surface area (Å²) in [5.41, 5.74) is 0. The molecule has 3 fully saturated rings. The summed E-state index contributed by atoms with van der Waals surface area (Å²) in [6.07, 6.45) is -14.2. The first-order valence-electron chi connectivity index (χ1n) is 8.09. The summed E-state index contributed by atoms with van der Waals surface area (Å²) in [5, 5.41) is -3.14. The van der Waals surface area contributed by atoms with Crippen LogP contribution in [0.4, 0.5) is 22.0 Å². The standard InChI is InChI=1S/C14H16F5NO5S/c15-7-8(16)10(18)12(11(19)9(7)17)26(23,24)25-20-13(21)5-3-1-2-4-6(5)14(20)22/h5-12H,1-4H2. The third kappa shape index (κ3) is 2.90. The molecule has 0 aromatic heterocycles. The van der Waals surface area contributed by atoms with Gasteiger partial charge in [-0.15, -0.1) is 9.35 Å². The predicted octanol–water partition coefficient (Wildman–Crippen LogP) is 1.50. The van der Waals surface area contributed by atoms with Crippen molar-refractivity contribution in [2.75, 3.05) is 0 Å². The van der Waals surface area contributed by atoms with E-state index in [0.717, 1.165) is 0 Å². The molecule has 0 spiro atoms. The van der Waals surface area contributed by atoms with Crippen LogP contribution in [-0.2, 0) is 24.0 Å². The summed E-state index contributed by atoms with van der Waals surface area (Å²) in [5.74, 6) is -3.58. The van der Waals surface area contributed by atoms with Crippen molar-refractivity contribution in [3.63, 3.8) is 0 Å². The monoisotopic (exact) mass is 405 g/mol. The number of nitrogens with zero attached hydrogens (tertiary/aromatic N) is 1. The summed E-state index contributed by atoms with van der Waals surface area (Å²) >= 11 is 0. The van der Waals surface area contributed by atoms with E-state index in [1.807, 2.05) is 0 Å². The number of fused-ring (bicyclic) bond motifs is 1. The Labute approximate surface area is 145 Å². The molecule has 0 radical (unpaired) electrons. The molecule has 1 aliphatic heterocycles. The van der Waals surface area contributed by atoms with Crippen LogP contribution in [0.25, 0.3) is 0 Å². The lowest BCUT2D eigenvalue weighted by Gasteiger charge is -2.35. The lowest BCUT2D eigenvalue weighted by molar-refractivity contribution is -0.166. The van der Waals surface area contributed by atoms with Crippen LogP contribution in [0.15, 0.2) is 0 Å². The lowest BCUT2D eigenvalue weighted by atomic mass is 9.81. The van der Waals surface area contributed by atoms with Crippen molar-refractivity contribution in [3.8, 4) is 0 Å². The van der Waals surface area contributed by atoms with E-state index >= 15 is 0 Å². The SMILES string of the molecule is O=C1C2CCCCC2C(=O)N1OS(=O)(=O)C1C(F)C(F)C(F)C(F)C1F. The Morgan fingerprint density at radius 2 is 1.15 bits per heavy atom. The number of hydrogen-bond donors (Lipinski definition) is 0. The fourth-order valence-electron chi connectivity index (χ4n) is 3.74. The minimum absolute atomic E-state index is 0.0998. The molecule has 3 rings (SSSR count). The molecule has 6 unspecified atom stereocenters. The van der Waals surface area contributed by atoms with Gasteiger partial charge in [-0.1, -0.05) is 12.8 Å². The van der Waals surface area contributed by atoms with Crippen LogP contribution in [0.3, 0.4) is 0 Å². The molecule has 0 aromatic rings. The van der Waals surface area contributed by atoms with Gasteiger partial charge < -0.3 is 0 Å². The maximum atomic E-state index is 13.9. The molecule has 0 bridgehead atoms. The Balaban J connectivity index is 1.84. The molecule has 2 aliphatic carbocycles. The molecule has 12 heteroatoms. The van der Waals surface area contributed by atoms with Crippen LogP contribution in [0.2, 0.25) is 0 Å². The van der Waals surface area contributed by atoms with Gasteiger partial charge in [0, 0.05) is 0 Å². The van der Waals surface area contributed by atoms with Crippen molar-refractivity contribution in [3.05, 3.63) is 0 Å². The summed E-state index contributed by atoms with van der Waals surface area (Å²) in [6.45, 7) is 0. The first kappa shape index (κ1) is 19.5. The van der Waals surface area contributed by atoms with Gasteiger partial charge in [-0.05, 0) is 12.8 Å². The van der Waals surface area contributed by atoms with Crippen molar-refractivity contribution < 1.29 is 44.2 Å². The topological polar surface area (TPSA) is 80.8 Å². The number of rotatable bonds is 3. The molecular weight excluding hydrogens is 389 g/mol. The molecule has 1 heterocycles. The van der Waals surface area contributed by atoms with Crippen LogP contribution in [0.5, 0.6) is 0 Å². The first-order chi connectivity index (χ1) is 12.1. The van der Waals surface area contributed by atoms with Crippen molar-refractivity contribution in [1.29, 1.82) is 0 Å². The average Bonchev–Trinajstić information content (AvgIpc) is 2.83. The highest BCUT2D eigenvalue weighted by molar-refractivity contribution is 7.87. The quantitative estimate of drug-likeness (QED) is 0.525. The second-order valence-electron chi connectivity index (χ2n) is 6.72. The van der Waals surface area contributed by atoms with Crippen molar-refractivity contribution in [2.45, 2.75) is 61.8 Å². The zero-order valence-electron chi connectivity index (χ0n) is 13.2. The first-order valence-corrected chi connectivity index (χ1v) is 9.56. The maximum Gasteiger partial charge on any atom is 0.297 e. The summed E-state index contributed by atoms with van der Waals surface area (Å²) in [4.78, 5) is 24.3. The fourth-order valence-corrected chi connectivity index (χ4v) is 5.13. The van der Waals surface area contributed by atoms with E-state index in [0.29, 0.717) is 25.7 Å². The fraction of sp³-hybridized carbons (Fsp3) is 0.857. The van der Waals surface area contributed by atoms with E-state index < -0.39 is 69.9 Å². The van der Waals surface area contributed by atoms with Crippen molar-refractivity contribution in [2.24, 2.45) is 11.8 Å². The molecular formula is C14H16F5NO5S. The van der Waals surface area contributed by atoms with Gasteiger partial charge in [0.25, 0.3) is 21.9 Å². The number of carbonyl (C=O) groups is 2. The third-order valence-corrected chi connectivity index (χ3v) is 6.70. The van der Waals surface area contributed by atoms with Gasteiger partial charge in [0.05, 0.1) is 11.8 Å². The Kier molecular flexibility index (Phi) is 5.01. The van der Waals surface area contributed by atoms with Gasteiger partial charge in [-0.25, -0.2) is 22.0 Å². The van der Waals surface area contributed by atoms with Gasteiger partial charge in [0.15, 0.2) is 36.1 Å². The predicted molar refractivity (Wildman–Crippen MR) is 75.6 cm³/mol. The lowest BCUT2D eigenvalue weighted by Crippen LogP contribution is -2.60. The second kappa shape index (κ2) is 6.70.